The van der Waals surface area contributed by atoms with Gasteiger partial charge in [-0.2, -0.15) is 10.6 Å². The largest absolute Gasteiger partial charge is 0.493 e. The second-order valence-corrected chi connectivity index (χ2v) is 12.0. The highest BCUT2D eigenvalue weighted by Gasteiger charge is 2.45. The fraction of sp³-hybridized carbons (Fsp3) is 0.208. The van der Waals surface area contributed by atoms with Crippen LogP contribution in [0.2, 0.25) is 0 Å². The number of methoxy groups -OCH3 is 2. The van der Waals surface area contributed by atoms with Crippen LogP contribution in [0.3, 0.4) is 0 Å². The molecule has 1 amide bonds. The summed E-state index contributed by atoms with van der Waals surface area (Å²) in [6, 6.07) is 17.5. The molecule has 34 heavy (non-hydrogen) atoms. The van der Waals surface area contributed by atoms with Crippen LogP contribution in [0.4, 0.5) is 0 Å². The Hall–Kier alpha value is -3.05. The van der Waals surface area contributed by atoms with Crippen molar-refractivity contribution in [1.82, 2.24) is 5.32 Å². The number of amides is 1. The van der Waals surface area contributed by atoms with Gasteiger partial charge in [0.25, 0.3) is 5.91 Å². The van der Waals surface area contributed by atoms with Crippen LogP contribution in [0.5, 0.6) is 11.5 Å². The van der Waals surface area contributed by atoms with E-state index >= 15 is 0 Å². The summed E-state index contributed by atoms with van der Waals surface area (Å²) >= 11 is 0. The highest BCUT2D eigenvalue weighted by Crippen LogP contribution is 2.62. The number of nitrogens with one attached hydrogen (secondary N) is 1. The van der Waals surface area contributed by atoms with Crippen molar-refractivity contribution in [3.8, 4) is 11.5 Å². The second kappa shape index (κ2) is 9.30. The van der Waals surface area contributed by atoms with Crippen LogP contribution in [-0.2, 0) is 16.4 Å². The fourth-order valence-electron chi connectivity index (χ4n) is 4.03. The number of benzene rings is 3. The first-order valence-electron chi connectivity index (χ1n) is 10.4. The lowest BCUT2D eigenvalue weighted by Crippen LogP contribution is -2.25. The Balaban J connectivity index is 1.67. The Morgan fingerprint density at radius 3 is 2.38 bits per heavy atom. The first kappa shape index (κ1) is 24.1. The maximum absolute atomic E-state index is 13.4. The van der Waals surface area contributed by atoms with Gasteiger partial charge in [-0.05, 0) is 42.0 Å². The monoisotopic (exact) mass is 503 g/mol. The average Bonchev–Trinajstić information content (AvgIpc) is 3.14. The van der Waals surface area contributed by atoms with E-state index in [4.69, 9.17) is 9.47 Å². The number of sulfone groups is 1. The number of carbonyl (C=O) groups excluding carboxylic acids is 1. The molecule has 10 heteroatoms. The molecule has 0 spiro atoms. The molecule has 0 aliphatic carbocycles. The maximum atomic E-state index is 13.4. The first-order chi connectivity index (χ1) is 16.2. The molecule has 3 aromatic carbocycles. The Kier molecular flexibility index (Phi) is 6.59. The topological polar surface area (TPSA) is 122 Å². The molecule has 180 valence electrons. The zero-order valence-electron chi connectivity index (χ0n) is 18.6. The number of carbonyl (C=O) groups is 1. The molecule has 1 aliphatic heterocycles. The predicted octanol–water partition coefficient (Wildman–Crippen LogP) is 4.27. The minimum atomic E-state index is -3.97. The van der Waals surface area contributed by atoms with Crippen molar-refractivity contribution in [2.45, 2.75) is 21.6 Å². The van der Waals surface area contributed by atoms with Crippen molar-refractivity contribution in [2.24, 2.45) is 0 Å². The van der Waals surface area contributed by atoms with Gasteiger partial charge in [-0.25, -0.2) is 8.42 Å². The van der Waals surface area contributed by atoms with Crippen LogP contribution in [0.1, 0.15) is 26.7 Å². The zero-order valence-corrected chi connectivity index (χ0v) is 20.2. The highest BCUT2D eigenvalue weighted by molar-refractivity contribution is 8.25. The van der Waals surface area contributed by atoms with Crippen LogP contribution < -0.4 is 14.8 Å². The third kappa shape index (κ3) is 4.37. The summed E-state index contributed by atoms with van der Waals surface area (Å²) in [6.07, 6.45) is 0. The van der Waals surface area contributed by atoms with Gasteiger partial charge in [-0.15, -0.1) is 0 Å². The lowest BCUT2D eigenvalue weighted by atomic mass is 10.0. The molecule has 0 saturated carbocycles. The van der Waals surface area contributed by atoms with Gasteiger partial charge in [0.2, 0.25) is 0 Å². The molecule has 1 aliphatic rings. The third-order valence-corrected chi connectivity index (χ3v) is 9.87. The highest BCUT2D eigenvalue weighted by atomic mass is 32.3. The molecule has 0 fully saturated rings. The van der Waals surface area contributed by atoms with Gasteiger partial charge in [0.15, 0.2) is 21.3 Å². The van der Waals surface area contributed by atoms with Gasteiger partial charge >= 0.3 is 0 Å². The smallest absolute Gasteiger partial charge is 0.251 e. The Labute approximate surface area is 199 Å². The van der Waals surface area contributed by atoms with E-state index in [1.807, 2.05) is 0 Å². The summed E-state index contributed by atoms with van der Waals surface area (Å²) in [5, 5.41) is 1.54. The van der Waals surface area contributed by atoms with Gasteiger partial charge in [0.05, 0.1) is 29.8 Å². The maximum Gasteiger partial charge on any atom is 0.251 e. The van der Waals surface area contributed by atoms with Crippen LogP contribution in [0, 0.1) is 0 Å². The van der Waals surface area contributed by atoms with E-state index in [2.05, 4.69) is 5.32 Å². The summed E-state index contributed by atoms with van der Waals surface area (Å²) in [4.78, 5) is 13.3. The predicted molar refractivity (Wildman–Crippen MR) is 130 cm³/mol. The van der Waals surface area contributed by atoms with Crippen molar-refractivity contribution in [3.05, 3.63) is 83.4 Å². The number of hydrogen-bond acceptors (Lipinski definition) is 7. The normalized spacial score (nSPS) is 17.5. The Morgan fingerprint density at radius 2 is 1.71 bits per heavy atom. The fourth-order valence-corrected chi connectivity index (χ4v) is 8.49. The number of hydrogen-bond donors (Lipinski definition) is 3. The van der Waals surface area contributed by atoms with Gasteiger partial charge in [0.1, 0.15) is 5.25 Å². The van der Waals surface area contributed by atoms with Crippen LogP contribution in [-0.4, -0.2) is 43.4 Å². The van der Waals surface area contributed by atoms with Gasteiger partial charge in [-0.1, -0.05) is 30.3 Å². The molecule has 3 N–H and O–H groups in total. The van der Waals surface area contributed by atoms with Crippen molar-refractivity contribution in [1.29, 1.82) is 0 Å². The van der Waals surface area contributed by atoms with Crippen molar-refractivity contribution < 1.29 is 31.8 Å². The molecule has 0 saturated heterocycles. The van der Waals surface area contributed by atoms with Gasteiger partial charge < -0.3 is 14.8 Å². The molecule has 3 aromatic rings. The number of ether oxygens (including phenoxy) is 2. The molecule has 0 aromatic heterocycles. The summed E-state index contributed by atoms with van der Waals surface area (Å²) in [7, 11) is -4.31. The molecular formula is C24H25NO7S2. The van der Waals surface area contributed by atoms with E-state index in [1.165, 1.54) is 44.6 Å². The van der Waals surface area contributed by atoms with E-state index in [0.717, 1.165) is 5.56 Å². The van der Waals surface area contributed by atoms with E-state index in [1.54, 1.807) is 36.4 Å². The van der Waals surface area contributed by atoms with E-state index in [0.29, 0.717) is 11.5 Å². The molecule has 1 unspecified atom stereocenters. The van der Waals surface area contributed by atoms with Crippen molar-refractivity contribution in [3.63, 3.8) is 0 Å². The summed E-state index contributed by atoms with van der Waals surface area (Å²) in [5.41, 5.74) is 0.979. The Morgan fingerprint density at radius 1 is 1.00 bits per heavy atom. The summed E-state index contributed by atoms with van der Waals surface area (Å²) in [6.45, 7) is 0.148. The minimum absolute atomic E-state index is 0.0589. The summed E-state index contributed by atoms with van der Waals surface area (Å²) in [5.74, 6) is 0.159. The van der Waals surface area contributed by atoms with E-state index in [9.17, 15) is 22.3 Å². The molecule has 1 atom stereocenters. The lowest BCUT2D eigenvalue weighted by Gasteiger charge is -2.27. The first-order valence-corrected chi connectivity index (χ1v) is 13.6. The van der Waals surface area contributed by atoms with Gasteiger partial charge in [0, 0.05) is 17.7 Å². The molecule has 8 nitrogen and oxygen atoms in total. The number of rotatable bonds is 7. The lowest BCUT2D eigenvalue weighted by molar-refractivity contribution is 0.0949. The van der Waals surface area contributed by atoms with Crippen LogP contribution >= 0.6 is 10.6 Å². The molecule has 4 rings (SSSR count). The average molecular weight is 504 g/mol. The number of fused-ring (bicyclic) bond motifs is 1. The standard InChI is InChI=1S/C24H25NO7S2/c1-31-19-12-11-16(13-20(19)32-2)14-25-24(26)18-9-6-10-21-23(18)22(15-33(21,27)28)34(29,30)17-7-4-3-5-8-17/h3-13,22,27-28H,14-15H2,1-2H3,(H,25,26). The molecule has 0 radical (unpaired) electrons. The molecular weight excluding hydrogens is 478 g/mol. The SMILES string of the molecule is COc1ccc(CNC(=O)c2cccc3c2C(S(=O)(=O)c2ccccc2)CS3(O)O)cc1OC. The summed E-state index contributed by atoms with van der Waals surface area (Å²) < 4.78 is 58.6. The van der Waals surface area contributed by atoms with E-state index in [-0.39, 0.29) is 33.2 Å². The molecule has 1 heterocycles. The quantitative estimate of drug-likeness (QED) is 0.440. The van der Waals surface area contributed by atoms with Crippen molar-refractivity contribution >= 4 is 26.3 Å². The van der Waals surface area contributed by atoms with Gasteiger partial charge in [-0.3, -0.25) is 13.9 Å². The zero-order chi connectivity index (χ0) is 24.5. The third-order valence-electron chi connectivity index (χ3n) is 5.72. The minimum Gasteiger partial charge on any atom is -0.493 e. The van der Waals surface area contributed by atoms with Crippen LogP contribution in [0.15, 0.2) is 76.5 Å². The van der Waals surface area contributed by atoms with Crippen molar-refractivity contribution in [2.75, 3.05) is 20.0 Å². The Bertz CT molecular complexity index is 1320. The van der Waals surface area contributed by atoms with E-state index < -0.39 is 31.6 Å². The van der Waals surface area contributed by atoms with Crippen LogP contribution in [0.25, 0.3) is 0 Å². The second-order valence-electron chi connectivity index (χ2n) is 7.77. The molecule has 0 bridgehead atoms.